The van der Waals surface area contributed by atoms with Gasteiger partial charge in [0.2, 0.25) is 11.1 Å². The SMILES string of the molecule is COc1ccc(-n2nnnc2S[C@@H](C(=O)Nc2cc(C)ccc2OC)c2ccccc2)cc1. The first-order valence-corrected chi connectivity index (χ1v) is 11.1. The van der Waals surface area contributed by atoms with Gasteiger partial charge in [-0.05, 0) is 64.9 Å². The van der Waals surface area contributed by atoms with Crippen LogP contribution in [0.5, 0.6) is 11.5 Å². The first-order chi connectivity index (χ1) is 16.1. The van der Waals surface area contributed by atoms with E-state index in [-0.39, 0.29) is 5.91 Å². The van der Waals surface area contributed by atoms with E-state index in [1.807, 2.05) is 79.7 Å². The minimum Gasteiger partial charge on any atom is -0.497 e. The van der Waals surface area contributed by atoms with Crippen molar-refractivity contribution in [1.29, 1.82) is 0 Å². The number of amides is 1. The molecule has 3 aromatic carbocycles. The van der Waals surface area contributed by atoms with E-state index in [2.05, 4.69) is 20.8 Å². The van der Waals surface area contributed by atoms with Gasteiger partial charge in [0, 0.05) is 0 Å². The summed E-state index contributed by atoms with van der Waals surface area (Å²) in [5, 5.41) is 15.0. The van der Waals surface area contributed by atoms with Gasteiger partial charge in [-0.1, -0.05) is 48.2 Å². The molecule has 1 heterocycles. The average molecular weight is 462 g/mol. The molecule has 0 unspecified atom stereocenters. The lowest BCUT2D eigenvalue weighted by molar-refractivity contribution is -0.115. The molecule has 0 spiro atoms. The molecule has 0 aliphatic rings. The van der Waals surface area contributed by atoms with Crippen molar-refractivity contribution in [3.05, 3.63) is 83.9 Å². The van der Waals surface area contributed by atoms with Gasteiger partial charge in [-0.3, -0.25) is 4.79 Å². The van der Waals surface area contributed by atoms with Crippen LogP contribution in [-0.4, -0.2) is 40.3 Å². The standard InChI is InChI=1S/C24H23N5O3S/c1-16-9-14-21(32-3)20(15-16)25-23(30)22(17-7-5-4-6-8-17)33-24-26-27-28-29(24)18-10-12-19(31-2)13-11-18/h4-15,22H,1-3H3,(H,25,30)/t22-/m1/s1. The Hall–Kier alpha value is -3.85. The number of carbonyl (C=O) groups excluding carboxylic acids is 1. The summed E-state index contributed by atoms with van der Waals surface area (Å²) >= 11 is 1.27. The lowest BCUT2D eigenvalue weighted by atomic mass is 10.1. The van der Waals surface area contributed by atoms with E-state index in [0.29, 0.717) is 16.6 Å². The molecule has 0 saturated heterocycles. The number of ether oxygens (including phenoxy) is 2. The van der Waals surface area contributed by atoms with Crippen LogP contribution in [0.15, 0.2) is 78.0 Å². The van der Waals surface area contributed by atoms with Crippen LogP contribution in [0.1, 0.15) is 16.4 Å². The number of nitrogens with one attached hydrogen (secondary N) is 1. The third-order valence-electron chi connectivity index (χ3n) is 4.93. The van der Waals surface area contributed by atoms with E-state index >= 15 is 0 Å². The highest BCUT2D eigenvalue weighted by Gasteiger charge is 2.26. The number of anilines is 1. The van der Waals surface area contributed by atoms with Gasteiger partial charge in [-0.15, -0.1) is 5.10 Å². The topological polar surface area (TPSA) is 91.2 Å². The van der Waals surface area contributed by atoms with Crippen LogP contribution >= 0.6 is 11.8 Å². The summed E-state index contributed by atoms with van der Waals surface area (Å²) in [4.78, 5) is 13.5. The highest BCUT2D eigenvalue weighted by atomic mass is 32.2. The number of hydrogen-bond acceptors (Lipinski definition) is 7. The molecule has 1 atom stereocenters. The largest absolute Gasteiger partial charge is 0.497 e. The minimum atomic E-state index is -0.598. The van der Waals surface area contributed by atoms with Crippen LogP contribution < -0.4 is 14.8 Å². The second-order valence-corrected chi connectivity index (χ2v) is 8.25. The van der Waals surface area contributed by atoms with E-state index in [1.165, 1.54) is 11.8 Å². The number of rotatable bonds is 8. The van der Waals surface area contributed by atoms with Crippen molar-refractivity contribution >= 4 is 23.4 Å². The summed E-state index contributed by atoms with van der Waals surface area (Å²) in [6, 6.07) is 22.5. The Morgan fingerprint density at radius 2 is 1.76 bits per heavy atom. The Balaban J connectivity index is 1.65. The van der Waals surface area contributed by atoms with Crippen LogP contribution in [0, 0.1) is 6.92 Å². The van der Waals surface area contributed by atoms with Gasteiger partial charge in [0.1, 0.15) is 16.7 Å². The van der Waals surface area contributed by atoms with Crippen molar-refractivity contribution in [2.45, 2.75) is 17.3 Å². The zero-order valence-corrected chi connectivity index (χ0v) is 19.2. The summed E-state index contributed by atoms with van der Waals surface area (Å²) < 4.78 is 12.2. The maximum Gasteiger partial charge on any atom is 0.242 e. The number of aryl methyl sites for hydroxylation is 1. The predicted octanol–water partition coefficient (Wildman–Crippen LogP) is 4.46. The van der Waals surface area contributed by atoms with Gasteiger partial charge in [0.25, 0.3) is 0 Å². The molecule has 4 rings (SSSR count). The highest BCUT2D eigenvalue weighted by Crippen LogP contribution is 2.37. The smallest absolute Gasteiger partial charge is 0.242 e. The number of carbonyl (C=O) groups is 1. The Morgan fingerprint density at radius 3 is 2.45 bits per heavy atom. The van der Waals surface area contributed by atoms with Crippen LogP contribution in [-0.2, 0) is 4.79 Å². The number of aromatic nitrogens is 4. The second-order valence-electron chi connectivity index (χ2n) is 7.17. The molecule has 0 radical (unpaired) electrons. The fourth-order valence-electron chi connectivity index (χ4n) is 3.26. The number of thioether (sulfide) groups is 1. The molecule has 168 valence electrons. The predicted molar refractivity (Wildman–Crippen MR) is 127 cm³/mol. The van der Waals surface area contributed by atoms with Gasteiger partial charge in [-0.2, -0.15) is 4.68 Å². The van der Waals surface area contributed by atoms with Gasteiger partial charge >= 0.3 is 0 Å². The van der Waals surface area contributed by atoms with Gasteiger partial charge in [0.05, 0.1) is 25.6 Å². The van der Waals surface area contributed by atoms with Crippen molar-refractivity contribution in [2.75, 3.05) is 19.5 Å². The van der Waals surface area contributed by atoms with E-state index in [4.69, 9.17) is 9.47 Å². The molecule has 0 fully saturated rings. The third kappa shape index (κ3) is 5.15. The molecular weight excluding hydrogens is 438 g/mol. The molecule has 0 aliphatic carbocycles. The van der Waals surface area contributed by atoms with E-state index < -0.39 is 5.25 Å². The van der Waals surface area contributed by atoms with Gasteiger partial charge < -0.3 is 14.8 Å². The van der Waals surface area contributed by atoms with E-state index in [9.17, 15) is 4.79 Å². The zero-order chi connectivity index (χ0) is 23.2. The molecule has 0 aliphatic heterocycles. The molecule has 1 aromatic heterocycles. The maximum absolute atomic E-state index is 13.5. The summed E-state index contributed by atoms with van der Waals surface area (Å²) in [6.45, 7) is 1.96. The first kappa shape index (κ1) is 22.3. The van der Waals surface area contributed by atoms with Crippen LogP contribution in [0.4, 0.5) is 5.69 Å². The van der Waals surface area contributed by atoms with Crippen molar-refractivity contribution in [2.24, 2.45) is 0 Å². The minimum absolute atomic E-state index is 0.209. The normalized spacial score (nSPS) is 11.6. The maximum atomic E-state index is 13.5. The number of methoxy groups -OCH3 is 2. The number of nitrogens with zero attached hydrogens (tertiary/aromatic N) is 4. The molecule has 9 heteroatoms. The quantitative estimate of drug-likeness (QED) is 0.387. The number of benzene rings is 3. The van der Waals surface area contributed by atoms with Crippen molar-refractivity contribution < 1.29 is 14.3 Å². The third-order valence-corrected chi connectivity index (χ3v) is 6.12. The van der Waals surface area contributed by atoms with E-state index in [0.717, 1.165) is 22.6 Å². The summed E-state index contributed by atoms with van der Waals surface area (Å²) in [7, 11) is 3.19. The Morgan fingerprint density at radius 1 is 1.00 bits per heavy atom. The van der Waals surface area contributed by atoms with Crippen LogP contribution in [0.2, 0.25) is 0 Å². The van der Waals surface area contributed by atoms with E-state index in [1.54, 1.807) is 18.9 Å². The highest BCUT2D eigenvalue weighted by molar-refractivity contribution is 8.00. The van der Waals surface area contributed by atoms with Crippen LogP contribution in [0.25, 0.3) is 5.69 Å². The van der Waals surface area contributed by atoms with Crippen molar-refractivity contribution in [3.63, 3.8) is 0 Å². The fourth-order valence-corrected chi connectivity index (χ4v) is 4.26. The fraction of sp³-hybridized carbons (Fsp3) is 0.167. The molecule has 4 aromatic rings. The summed E-state index contributed by atoms with van der Waals surface area (Å²) in [6.07, 6.45) is 0. The van der Waals surface area contributed by atoms with Gasteiger partial charge in [-0.25, -0.2) is 0 Å². The second kappa shape index (κ2) is 10.2. The molecule has 8 nitrogen and oxygen atoms in total. The number of hydrogen-bond donors (Lipinski definition) is 1. The van der Waals surface area contributed by atoms with Gasteiger partial charge in [0.15, 0.2) is 0 Å². The first-order valence-electron chi connectivity index (χ1n) is 10.2. The molecular formula is C24H23N5O3S. The molecule has 1 N–H and O–H groups in total. The Kier molecular flexibility index (Phi) is 6.89. The summed E-state index contributed by atoms with van der Waals surface area (Å²) in [5.41, 5.74) is 3.21. The lowest BCUT2D eigenvalue weighted by Crippen LogP contribution is -2.20. The molecule has 0 saturated carbocycles. The van der Waals surface area contributed by atoms with Crippen LogP contribution in [0.3, 0.4) is 0 Å². The Labute approximate surface area is 195 Å². The number of tetrazole rings is 1. The molecule has 1 amide bonds. The lowest BCUT2D eigenvalue weighted by Gasteiger charge is -2.18. The molecule has 0 bridgehead atoms. The van der Waals surface area contributed by atoms with Crippen molar-refractivity contribution in [1.82, 2.24) is 20.2 Å². The molecule has 33 heavy (non-hydrogen) atoms. The average Bonchev–Trinajstić information content (AvgIpc) is 3.31. The zero-order valence-electron chi connectivity index (χ0n) is 18.4. The monoisotopic (exact) mass is 461 g/mol. The van der Waals surface area contributed by atoms with Crippen molar-refractivity contribution in [3.8, 4) is 17.2 Å². The Bertz CT molecular complexity index is 1230. The summed E-state index contributed by atoms with van der Waals surface area (Å²) in [5.74, 6) is 1.11.